The molecule has 0 saturated carbocycles. The van der Waals surface area contributed by atoms with Crippen molar-refractivity contribution >= 4 is 15.9 Å². The van der Waals surface area contributed by atoms with Gasteiger partial charge in [0.1, 0.15) is 5.75 Å². The molecule has 14 heavy (non-hydrogen) atoms. The summed E-state index contributed by atoms with van der Waals surface area (Å²) in [7, 11) is 0. The lowest BCUT2D eigenvalue weighted by Gasteiger charge is -2.16. The van der Waals surface area contributed by atoms with E-state index in [1.54, 1.807) is 6.07 Å². The number of phenolic OH excluding ortho intramolecular Hbond substituents is 1. The Bertz CT molecular complexity index is 352. The monoisotopic (exact) mass is 259 g/mol. The summed E-state index contributed by atoms with van der Waals surface area (Å²) in [4.78, 5) is 0. The van der Waals surface area contributed by atoms with Gasteiger partial charge in [-0.2, -0.15) is 0 Å². The zero-order valence-corrected chi connectivity index (χ0v) is 9.80. The van der Waals surface area contributed by atoms with Crippen LogP contribution in [0, 0.1) is 13.8 Å². The Morgan fingerprint density at radius 3 is 2.57 bits per heavy atom. The number of halogens is 1. The van der Waals surface area contributed by atoms with Crippen LogP contribution in [0.1, 0.15) is 22.7 Å². The average Bonchev–Trinajstić information content (AvgIpc) is 2.14. The van der Waals surface area contributed by atoms with Gasteiger partial charge in [0, 0.05) is 10.0 Å². The number of rotatable bonds is 2. The van der Waals surface area contributed by atoms with Crippen molar-refractivity contribution < 1.29 is 10.2 Å². The minimum Gasteiger partial charge on any atom is -0.508 e. The molecule has 0 unspecified atom stereocenters. The quantitative estimate of drug-likeness (QED) is 0.759. The normalized spacial score (nSPS) is 12.9. The van der Waals surface area contributed by atoms with Crippen LogP contribution < -0.4 is 5.73 Å². The van der Waals surface area contributed by atoms with Crippen molar-refractivity contribution in [2.45, 2.75) is 19.9 Å². The van der Waals surface area contributed by atoms with Gasteiger partial charge < -0.3 is 15.9 Å². The van der Waals surface area contributed by atoms with Crippen molar-refractivity contribution in [2.75, 3.05) is 6.61 Å². The molecule has 0 heterocycles. The van der Waals surface area contributed by atoms with E-state index < -0.39 is 6.04 Å². The maximum Gasteiger partial charge on any atom is 0.121 e. The SMILES string of the molecule is Cc1cc(O)c([C@H](N)CO)c(C)c1Br. The molecule has 4 heteroatoms. The predicted molar refractivity (Wildman–Crippen MR) is 59.3 cm³/mol. The second-order valence-electron chi connectivity index (χ2n) is 3.35. The number of benzene rings is 1. The molecule has 1 aromatic rings. The van der Waals surface area contributed by atoms with Gasteiger partial charge in [-0.05, 0) is 31.0 Å². The number of aliphatic hydroxyl groups is 1. The third kappa shape index (κ3) is 1.92. The average molecular weight is 260 g/mol. The summed E-state index contributed by atoms with van der Waals surface area (Å²) >= 11 is 3.41. The highest BCUT2D eigenvalue weighted by atomic mass is 79.9. The minimum absolute atomic E-state index is 0.143. The Morgan fingerprint density at radius 2 is 2.07 bits per heavy atom. The Hall–Kier alpha value is -0.580. The van der Waals surface area contributed by atoms with Crippen LogP contribution in [0.2, 0.25) is 0 Å². The van der Waals surface area contributed by atoms with Crippen molar-refractivity contribution in [1.29, 1.82) is 0 Å². The van der Waals surface area contributed by atoms with Gasteiger partial charge in [0.15, 0.2) is 0 Å². The third-order valence-electron chi connectivity index (χ3n) is 2.28. The van der Waals surface area contributed by atoms with E-state index in [4.69, 9.17) is 10.8 Å². The van der Waals surface area contributed by atoms with Gasteiger partial charge in [-0.15, -0.1) is 0 Å². The van der Waals surface area contributed by atoms with Gasteiger partial charge in [-0.1, -0.05) is 15.9 Å². The summed E-state index contributed by atoms with van der Waals surface area (Å²) in [6.45, 7) is 3.58. The Morgan fingerprint density at radius 1 is 1.50 bits per heavy atom. The molecule has 78 valence electrons. The van der Waals surface area contributed by atoms with Crippen molar-refractivity contribution in [3.63, 3.8) is 0 Å². The Kier molecular flexibility index (Phi) is 3.53. The summed E-state index contributed by atoms with van der Waals surface area (Å²) in [6, 6.07) is 1.11. The van der Waals surface area contributed by atoms with Crippen LogP contribution in [-0.4, -0.2) is 16.8 Å². The van der Waals surface area contributed by atoms with Gasteiger partial charge in [0.05, 0.1) is 12.6 Å². The van der Waals surface area contributed by atoms with E-state index in [9.17, 15) is 5.11 Å². The largest absolute Gasteiger partial charge is 0.508 e. The first-order chi connectivity index (χ1) is 6.49. The fourth-order valence-corrected chi connectivity index (χ4v) is 1.84. The molecule has 0 aliphatic heterocycles. The lowest BCUT2D eigenvalue weighted by molar-refractivity contribution is 0.265. The molecular formula is C10H14BrNO2. The second kappa shape index (κ2) is 4.29. The van der Waals surface area contributed by atoms with Crippen LogP contribution in [0.15, 0.2) is 10.5 Å². The fourth-order valence-electron chi connectivity index (χ4n) is 1.51. The van der Waals surface area contributed by atoms with E-state index in [2.05, 4.69) is 15.9 Å². The molecule has 1 atom stereocenters. The number of hydrogen-bond donors (Lipinski definition) is 3. The highest BCUT2D eigenvalue weighted by molar-refractivity contribution is 9.10. The first kappa shape index (κ1) is 11.5. The molecule has 0 fully saturated rings. The van der Waals surface area contributed by atoms with E-state index in [1.165, 1.54) is 0 Å². The van der Waals surface area contributed by atoms with Gasteiger partial charge in [-0.25, -0.2) is 0 Å². The summed E-state index contributed by atoms with van der Waals surface area (Å²) in [5.74, 6) is 0.143. The summed E-state index contributed by atoms with van der Waals surface area (Å²) < 4.78 is 0.925. The number of phenols is 1. The standard InChI is InChI=1S/C10H14BrNO2/c1-5-3-8(14)9(7(12)4-13)6(2)10(5)11/h3,7,13-14H,4,12H2,1-2H3/t7-/m1/s1. The highest BCUT2D eigenvalue weighted by Crippen LogP contribution is 2.34. The summed E-state index contributed by atoms with van der Waals surface area (Å²) in [5.41, 5.74) is 8.12. The van der Waals surface area contributed by atoms with E-state index in [0.29, 0.717) is 5.56 Å². The Labute approximate surface area is 91.7 Å². The fraction of sp³-hybridized carbons (Fsp3) is 0.400. The zero-order valence-electron chi connectivity index (χ0n) is 8.21. The second-order valence-corrected chi connectivity index (χ2v) is 4.15. The van der Waals surface area contributed by atoms with Crippen LogP contribution in [0.5, 0.6) is 5.75 Å². The van der Waals surface area contributed by atoms with Crippen LogP contribution in [0.25, 0.3) is 0 Å². The molecule has 0 saturated heterocycles. The molecule has 0 aliphatic carbocycles. The van der Waals surface area contributed by atoms with Gasteiger partial charge >= 0.3 is 0 Å². The van der Waals surface area contributed by atoms with Gasteiger partial charge in [0.25, 0.3) is 0 Å². The lowest BCUT2D eigenvalue weighted by atomic mass is 9.99. The number of aromatic hydroxyl groups is 1. The smallest absolute Gasteiger partial charge is 0.121 e. The van der Waals surface area contributed by atoms with Crippen molar-refractivity contribution in [3.05, 3.63) is 27.2 Å². The number of nitrogens with two attached hydrogens (primary N) is 1. The van der Waals surface area contributed by atoms with Crippen molar-refractivity contribution in [3.8, 4) is 5.75 Å². The zero-order chi connectivity index (χ0) is 10.9. The number of aliphatic hydroxyl groups excluding tert-OH is 1. The third-order valence-corrected chi connectivity index (χ3v) is 3.50. The van der Waals surface area contributed by atoms with Crippen LogP contribution >= 0.6 is 15.9 Å². The molecule has 0 radical (unpaired) electrons. The minimum atomic E-state index is -0.535. The van der Waals surface area contributed by atoms with Crippen molar-refractivity contribution in [1.82, 2.24) is 0 Å². The molecule has 1 aromatic carbocycles. The molecule has 3 nitrogen and oxygen atoms in total. The predicted octanol–water partition coefficient (Wildman–Crippen LogP) is 1.76. The number of aryl methyl sites for hydroxylation is 1. The van der Waals surface area contributed by atoms with E-state index in [1.807, 2.05) is 13.8 Å². The van der Waals surface area contributed by atoms with Crippen molar-refractivity contribution in [2.24, 2.45) is 5.73 Å². The Balaban J connectivity index is 3.36. The molecule has 0 amide bonds. The molecule has 0 bridgehead atoms. The van der Waals surface area contributed by atoms with Crippen LogP contribution in [0.4, 0.5) is 0 Å². The van der Waals surface area contributed by atoms with Crippen LogP contribution in [0.3, 0.4) is 0 Å². The molecule has 4 N–H and O–H groups in total. The topological polar surface area (TPSA) is 66.5 Å². The molecule has 0 spiro atoms. The first-order valence-corrected chi connectivity index (χ1v) is 5.13. The van der Waals surface area contributed by atoms with Gasteiger partial charge in [-0.3, -0.25) is 0 Å². The van der Waals surface area contributed by atoms with E-state index in [-0.39, 0.29) is 12.4 Å². The summed E-state index contributed by atoms with van der Waals surface area (Å²) in [5, 5.41) is 18.6. The maximum absolute atomic E-state index is 9.69. The maximum atomic E-state index is 9.69. The summed E-state index contributed by atoms with van der Waals surface area (Å²) in [6.07, 6.45) is 0. The number of hydrogen-bond acceptors (Lipinski definition) is 3. The van der Waals surface area contributed by atoms with E-state index >= 15 is 0 Å². The molecule has 0 aliphatic rings. The molecule has 0 aromatic heterocycles. The first-order valence-electron chi connectivity index (χ1n) is 4.34. The van der Waals surface area contributed by atoms with Gasteiger partial charge in [0.2, 0.25) is 0 Å². The van der Waals surface area contributed by atoms with Crippen LogP contribution in [-0.2, 0) is 0 Å². The highest BCUT2D eigenvalue weighted by Gasteiger charge is 2.16. The lowest BCUT2D eigenvalue weighted by Crippen LogP contribution is -2.16. The van der Waals surface area contributed by atoms with E-state index in [0.717, 1.165) is 15.6 Å². The molecule has 1 rings (SSSR count). The molecular weight excluding hydrogens is 246 g/mol.